The van der Waals surface area contributed by atoms with Gasteiger partial charge < -0.3 is 20.0 Å². The third-order valence-corrected chi connectivity index (χ3v) is 8.26. The molecule has 7 heteroatoms. The molecule has 1 unspecified atom stereocenters. The highest BCUT2D eigenvalue weighted by molar-refractivity contribution is 5.96. The summed E-state index contributed by atoms with van der Waals surface area (Å²) >= 11 is 0. The zero-order valence-corrected chi connectivity index (χ0v) is 25.8. The van der Waals surface area contributed by atoms with Gasteiger partial charge >= 0.3 is 6.03 Å². The Bertz CT molecular complexity index is 1130. The summed E-state index contributed by atoms with van der Waals surface area (Å²) in [5.41, 5.74) is 4.27. The number of urea groups is 1. The highest BCUT2D eigenvalue weighted by atomic mass is 16.2. The topological polar surface area (TPSA) is 73.0 Å². The van der Waals surface area contributed by atoms with Crippen molar-refractivity contribution in [3.8, 4) is 11.1 Å². The molecule has 1 N–H and O–H groups in total. The lowest BCUT2D eigenvalue weighted by atomic mass is 9.96. The summed E-state index contributed by atoms with van der Waals surface area (Å²) < 4.78 is 0. The maximum Gasteiger partial charge on any atom is 0.317 e. The van der Waals surface area contributed by atoms with Gasteiger partial charge in [-0.3, -0.25) is 9.59 Å². The Morgan fingerprint density at radius 1 is 0.854 bits per heavy atom. The second-order valence-electron chi connectivity index (χ2n) is 11.4. The summed E-state index contributed by atoms with van der Waals surface area (Å²) in [7, 11) is 3.42. The number of piperazine rings is 1. The minimum absolute atomic E-state index is 0.0127. The smallest absolute Gasteiger partial charge is 0.317 e. The number of nitrogens with one attached hydrogen (secondary N) is 1. The summed E-state index contributed by atoms with van der Waals surface area (Å²) in [5.74, 6) is 0.0624. The van der Waals surface area contributed by atoms with Gasteiger partial charge in [-0.2, -0.15) is 0 Å². The summed E-state index contributed by atoms with van der Waals surface area (Å²) in [5, 5.41) is 2.75. The third-order valence-electron chi connectivity index (χ3n) is 8.26. The van der Waals surface area contributed by atoms with Crippen molar-refractivity contribution < 1.29 is 14.4 Å². The Hall–Kier alpha value is -3.35. The zero-order chi connectivity index (χ0) is 29.8. The van der Waals surface area contributed by atoms with E-state index in [0.717, 1.165) is 54.5 Å². The lowest BCUT2D eigenvalue weighted by molar-refractivity contribution is -0.159. The summed E-state index contributed by atoms with van der Waals surface area (Å²) in [6.07, 6.45) is 9.42. The summed E-state index contributed by atoms with van der Waals surface area (Å²) in [6, 6.07) is 15.6. The van der Waals surface area contributed by atoms with Crippen LogP contribution in [0.2, 0.25) is 0 Å². The van der Waals surface area contributed by atoms with Gasteiger partial charge in [0.15, 0.2) is 0 Å². The van der Waals surface area contributed by atoms with Gasteiger partial charge in [-0.15, -0.1) is 0 Å². The van der Waals surface area contributed by atoms with Crippen LogP contribution in [0, 0.1) is 0 Å². The first-order valence-corrected chi connectivity index (χ1v) is 15.5. The van der Waals surface area contributed by atoms with Gasteiger partial charge in [0.05, 0.1) is 0 Å². The summed E-state index contributed by atoms with van der Waals surface area (Å²) in [4.78, 5) is 44.2. The molecule has 4 amide bonds. The molecule has 224 valence electrons. The first kappa shape index (κ1) is 32.2. The Labute approximate surface area is 247 Å². The average molecular weight is 563 g/mol. The highest BCUT2D eigenvalue weighted by Gasteiger charge is 2.41. The zero-order valence-electron chi connectivity index (χ0n) is 25.8. The standard InChI is InChI=1S/C34H50N4O3/c1-6-8-10-11-12-13-22-38-26(3)32(39)36(5)31(33(38)40)24-27-17-19-29(20-18-27)30-16-14-15-28(23-30)25-37(21-9-7-2)34(41)35-4/h14-20,23,26,31H,6-13,21-22,24-25H2,1-5H3,(H,35,41)/t26-,31?/m0/s1. The Morgan fingerprint density at radius 3 is 2.22 bits per heavy atom. The number of carbonyl (C=O) groups excluding carboxylic acids is 3. The lowest BCUT2D eigenvalue weighted by Gasteiger charge is -2.42. The molecule has 41 heavy (non-hydrogen) atoms. The van der Waals surface area contributed by atoms with Crippen molar-refractivity contribution in [3.05, 3.63) is 59.7 Å². The van der Waals surface area contributed by atoms with Crippen LogP contribution < -0.4 is 5.32 Å². The van der Waals surface area contributed by atoms with Gasteiger partial charge in [-0.1, -0.05) is 94.8 Å². The molecule has 3 rings (SSSR count). The van der Waals surface area contributed by atoms with Gasteiger partial charge in [0.25, 0.3) is 0 Å². The maximum atomic E-state index is 13.5. The van der Waals surface area contributed by atoms with Crippen molar-refractivity contribution >= 4 is 17.8 Å². The Morgan fingerprint density at radius 2 is 1.54 bits per heavy atom. The predicted molar refractivity (Wildman–Crippen MR) is 166 cm³/mol. The van der Waals surface area contributed by atoms with E-state index in [-0.39, 0.29) is 17.8 Å². The Balaban J connectivity index is 1.66. The molecule has 2 atom stereocenters. The van der Waals surface area contributed by atoms with E-state index in [1.54, 1.807) is 23.9 Å². The van der Waals surface area contributed by atoms with Crippen LogP contribution in [0.5, 0.6) is 0 Å². The van der Waals surface area contributed by atoms with Crippen LogP contribution in [0.3, 0.4) is 0 Å². The monoisotopic (exact) mass is 562 g/mol. The van der Waals surface area contributed by atoms with Crippen molar-refractivity contribution in [2.75, 3.05) is 27.2 Å². The number of hydrogen-bond donors (Lipinski definition) is 1. The van der Waals surface area contributed by atoms with E-state index >= 15 is 0 Å². The van der Waals surface area contributed by atoms with E-state index in [9.17, 15) is 14.4 Å². The number of carbonyl (C=O) groups is 3. The van der Waals surface area contributed by atoms with Crippen LogP contribution >= 0.6 is 0 Å². The first-order valence-electron chi connectivity index (χ1n) is 15.5. The molecule has 1 heterocycles. The molecule has 7 nitrogen and oxygen atoms in total. The van der Waals surface area contributed by atoms with Crippen molar-refractivity contribution in [2.24, 2.45) is 0 Å². The van der Waals surface area contributed by atoms with Crippen LogP contribution in [0.4, 0.5) is 4.79 Å². The largest absolute Gasteiger partial charge is 0.341 e. The average Bonchev–Trinajstić information content (AvgIpc) is 2.99. The fourth-order valence-electron chi connectivity index (χ4n) is 5.61. The molecule has 0 aromatic heterocycles. The molecular formula is C34H50N4O3. The number of likely N-dealkylation sites (N-methyl/N-ethyl adjacent to an activating group) is 1. The SMILES string of the molecule is CCCCCCCCN1C(=O)C(Cc2ccc(-c3cccc(CN(CCCC)C(=O)NC)c3)cc2)N(C)C(=O)[C@@H]1C. The lowest BCUT2D eigenvalue weighted by Crippen LogP contribution is -2.63. The molecule has 0 bridgehead atoms. The van der Waals surface area contributed by atoms with Crippen LogP contribution in [-0.2, 0) is 22.6 Å². The second kappa shape index (κ2) is 16.2. The van der Waals surface area contributed by atoms with E-state index < -0.39 is 12.1 Å². The third kappa shape index (κ3) is 8.82. The fourth-order valence-corrected chi connectivity index (χ4v) is 5.61. The van der Waals surface area contributed by atoms with Crippen molar-refractivity contribution in [1.29, 1.82) is 0 Å². The molecule has 1 fully saturated rings. The molecule has 0 spiro atoms. The molecule has 0 aliphatic carbocycles. The van der Waals surface area contributed by atoms with Gasteiger partial charge in [0.1, 0.15) is 12.1 Å². The van der Waals surface area contributed by atoms with E-state index in [0.29, 0.717) is 19.5 Å². The number of unbranched alkanes of at least 4 members (excludes halogenated alkanes) is 6. The molecule has 1 aliphatic rings. The molecule has 0 saturated carbocycles. The van der Waals surface area contributed by atoms with Crippen molar-refractivity contribution in [1.82, 2.24) is 20.0 Å². The number of benzene rings is 2. The van der Waals surface area contributed by atoms with Crippen LogP contribution in [-0.4, -0.2) is 71.8 Å². The van der Waals surface area contributed by atoms with Gasteiger partial charge in [-0.25, -0.2) is 4.79 Å². The van der Waals surface area contributed by atoms with Gasteiger partial charge in [-0.05, 0) is 48.1 Å². The van der Waals surface area contributed by atoms with Gasteiger partial charge in [0, 0.05) is 40.2 Å². The van der Waals surface area contributed by atoms with Crippen LogP contribution in [0.25, 0.3) is 11.1 Å². The van der Waals surface area contributed by atoms with E-state index in [2.05, 4.69) is 61.6 Å². The number of hydrogen-bond acceptors (Lipinski definition) is 3. The molecule has 1 aliphatic heterocycles. The van der Waals surface area contributed by atoms with E-state index in [4.69, 9.17) is 0 Å². The van der Waals surface area contributed by atoms with Crippen LogP contribution in [0.1, 0.15) is 83.3 Å². The van der Waals surface area contributed by atoms with Crippen molar-refractivity contribution in [2.45, 2.75) is 97.2 Å². The number of nitrogens with zero attached hydrogens (tertiary/aromatic N) is 3. The van der Waals surface area contributed by atoms with Crippen molar-refractivity contribution in [3.63, 3.8) is 0 Å². The normalized spacial score (nSPS) is 17.2. The molecule has 0 radical (unpaired) electrons. The quantitative estimate of drug-likeness (QED) is 0.261. The fraction of sp³-hybridized carbons (Fsp3) is 0.559. The number of rotatable bonds is 15. The maximum absolute atomic E-state index is 13.5. The minimum Gasteiger partial charge on any atom is -0.341 e. The second-order valence-corrected chi connectivity index (χ2v) is 11.4. The Kier molecular flexibility index (Phi) is 12.7. The predicted octanol–water partition coefficient (Wildman–Crippen LogP) is 6.26. The molecular weight excluding hydrogens is 512 g/mol. The van der Waals surface area contributed by atoms with E-state index in [1.807, 2.05) is 17.9 Å². The molecule has 2 aromatic rings. The van der Waals surface area contributed by atoms with Gasteiger partial charge in [0.2, 0.25) is 11.8 Å². The number of amides is 4. The highest BCUT2D eigenvalue weighted by Crippen LogP contribution is 2.25. The minimum atomic E-state index is -0.480. The van der Waals surface area contributed by atoms with E-state index in [1.165, 1.54) is 25.7 Å². The first-order chi connectivity index (χ1) is 19.8. The van der Waals surface area contributed by atoms with Crippen LogP contribution in [0.15, 0.2) is 48.5 Å². The summed E-state index contributed by atoms with van der Waals surface area (Å²) in [6.45, 7) is 8.11. The molecule has 1 saturated heterocycles. The molecule has 2 aromatic carbocycles.